The van der Waals surface area contributed by atoms with Gasteiger partial charge in [-0.05, 0) is 24.6 Å². The fraction of sp³-hybridized carbons (Fsp3) is 0.364. The van der Waals surface area contributed by atoms with Crippen molar-refractivity contribution in [1.29, 1.82) is 0 Å². The van der Waals surface area contributed by atoms with Crippen LogP contribution in [0.15, 0.2) is 18.2 Å². The largest absolute Gasteiger partial charge is 0.493 e. The van der Waals surface area contributed by atoms with Crippen molar-refractivity contribution in [2.75, 3.05) is 13.7 Å². The first-order chi connectivity index (χ1) is 6.81. The number of carbonyl (C=O) groups excluding carboxylic acids is 1. The summed E-state index contributed by atoms with van der Waals surface area (Å²) in [6.07, 6.45) is 1.28. The summed E-state index contributed by atoms with van der Waals surface area (Å²) in [7, 11) is 1.59. The van der Waals surface area contributed by atoms with E-state index in [4.69, 9.17) is 9.47 Å². The zero-order chi connectivity index (χ0) is 10.4. The lowest BCUT2D eigenvalue weighted by Gasteiger charge is -2.09. The van der Waals surface area contributed by atoms with Crippen molar-refractivity contribution in [3.8, 4) is 11.5 Å². The minimum atomic E-state index is 0.407. The molecule has 0 heterocycles. The minimum absolute atomic E-state index is 0.407. The van der Waals surface area contributed by atoms with Crippen LogP contribution in [0.3, 0.4) is 0 Å². The molecule has 0 unspecified atom stereocenters. The summed E-state index contributed by atoms with van der Waals surface area (Å²) < 4.78 is 10.5. The van der Waals surface area contributed by atoms with E-state index in [2.05, 4.69) is 0 Å². The highest BCUT2D eigenvalue weighted by molar-refractivity contribution is 5.56. The molecule has 0 aliphatic rings. The fourth-order valence-corrected chi connectivity index (χ4v) is 1.21. The molecule has 0 aromatic heterocycles. The molecule has 0 radical (unpaired) electrons. The molecule has 0 saturated heterocycles. The molecule has 1 rings (SSSR count). The van der Waals surface area contributed by atoms with Crippen LogP contribution >= 0.6 is 0 Å². The average Bonchev–Trinajstić information content (AvgIpc) is 2.19. The van der Waals surface area contributed by atoms with Crippen LogP contribution in [0, 0.1) is 0 Å². The topological polar surface area (TPSA) is 35.5 Å². The van der Waals surface area contributed by atoms with E-state index in [9.17, 15) is 4.79 Å². The van der Waals surface area contributed by atoms with Crippen molar-refractivity contribution in [1.82, 2.24) is 0 Å². The van der Waals surface area contributed by atoms with Crippen LogP contribution in [-0.4, -0.2) is 20.0 Å². The monoisotopic (exact) mass is 194 g/mol. The Labute approximate surface area is 83.6 Å². The Morgan fingerprint density at radius 2 is 2.14 bits per heavy atom. The van der Waals surface area contributed by atoms with Gasteiger partial charge in [-0.2, -0.15) is 0 Å². The van der Waals surface area contributed by atoms with Crippen molar-refractivity contribution in [2.45, 2.75) is 13.3 Å². The highest BCUT2D eigenvalue weighted by atomic mass is 16.5. The predicted molar refractivity (Wildman–Crippen MR) is 53.9 cm³/mol. The first-order valence-electron chi connectivity index (χ1n) is 4.55. The van der Waals surface area contributed by atoms with E-state index in [1.807, 2.05) is 25.1 Å². The molecule has 0 amide bonds. The first-order valence-corrected chi connectivity index (χ1v) is 4.55. The zero-order valence-corrected chi connectivity index (χ0v) is 8.45. The van der Waals surface area contributed by atoms with Crippen molar-refractivity contribution in [3.63, 3.8) is 0 Å². The van der Waals surface area contributed by atoms with Gasteiger partial charge in [0.15, 0.2) is 11.5 Å². The van der Waals surface area contributed by atoms with Crippen LogP contribution in [0.4, 0.5) is 0 Å². The van der Waals surface area contributed by atoms with E-state index in [0.717, 1.165) is 11.8 Å². The molecule has 0 atom stereocenters. The molecule has 14 heavy (non-hydrogen) atoms. The number of hydrogen-bond acceptors (Lipinski definition) is 3. The lowest BCUT2D eigenvalue weighted by atomic mass is 10.1. The van der Waals surface area contributed by atoms with Crippen LogP contribution < -0.4 is 9.47 Å². The molecule has 0 N–H and O–H groups in total. The fourth-order valence-electron chi connectivity index (χ4n) is 1.21. The Morgan fingerprint density at radius 1 is 1.36 bits per heavy atom. The Morgan fingerprint density at radius 3 is 2.71 bits per heavy atom. The second-order valence-electron chi connectivity index (χ2n) is 2.79. The number of carbonyl (C=O) groups is 1. The molecule has 0 fully saturated rings. The third-order valence-corrected chi connectivity index (χ3v) is 1.85. The molecule has 0 aliphatic heterocycles. The van der Waals surface area contributed by atoms with Gasteiger partial charge in [0.05, 0.1) is 13.7 Å². The third kappa shape index (κ3) is 2.49. The predicted octanol–water partition coefficient (Wildman–Crippen LogP) is 1.84. The molecule has 0 aliphatic carbocycles. The highest BCUT2D eigenvalue weighted by Crippen LogP contribution is 2.27. The van der Waals surface area contributed by atoms with Gasteiger partial charge in [0.25, 0.3) is 0 Å². The van der Waals surface area contributed by atoms with E-state index >= 15 is 0 Å². The molecule has 3 nitrogen and oxygen atoms in total. The Hall–Kier alpha value is -1.51. The Bertz CT molecular complexity index is 307. The number of ether oxygens (including phenoxy) is 2. The number of hydrogen-bond donors (Lipinski definition) is 0. The molecule has 76 valence electrons. The van der Waals surface area contributed by atoms with E-state index < -0.39 is 0 Å². The quantitative estimate of drug-likeness (QED) is 0.671. The SMILES string of the molecule is CCOc1cc(CC=O)ccc1OC. The van der Waals surface area contributed by atoms with Gasteiger partial charge >= 0.3 is 0 Å². The van der Waals surface area contributed by atoms with E-state index in [1.54, 1.807) is 7.11 Å². The van der Waals surface area contributed by atoms with Crippen LogP contribution in [0.5, 0.6) is 11.5 Å². The van der Waals surface area contributed by atoms with Crippen molar-refractivity contribution >= 4 is 6.29 Å². The number of rotatable bonds is 5. The van der Waals surface area contributed by atoms with Gasteiger partial charge in [0.2, 0.25) is 0 Å². The Kier molecular flexibility index (Phi) is 3.98. The van der Waals surface area contributed by atoms with Crippen LogP contribution in [0.2, 0.25) is 0 Å². The summed E-state index contributed by atoms with van der Waals surface area (Å²) >= 11 is 0. The summed E-state index contributed by atoms with van der Waals surface area (Å²) in [5, 5.41) is 0. The first kappa shape index (κ1) is 10.6. The zero-order valence-electron chi connectivity index (χ0n) is 8.45. The second-order valence-corrected chi connectivity index (χ2v) is 2.79. The Balaban J connectivity index is 2.94. The van der Waals surface area contributed by atoms with Crippen molar-refractivity contribution in [2.24, 2.45) is 0 Å². The number of methoxy groups -OCH3 is 1. The van der Waals surface area contributed by atoms with Crippen molar-refractivity contribution < 1.29 is 14.3 Å². The maximum atomic E-state index is 10.3. The molecule has 0 spiro atoms. The molecule has 3 heteroatoms. The maximum absolute atomic E-state index is 10.3. The normalized spacial score (nSPS) is 9.57. The second kappa shape index (κ2) is 5.27. The summed E-state index contributed by atoms with van der Waals surface area (Å²) in [5.41, 5.74) is 0.934. The summed E-state index contributed by atoms with van der Waals surface area (Å²) in [4.78, 5) is 10.3. The molecule has 1 aromatic rings. The third-order valence-electron chi connectivity index (χ3n) is 1.85. The van der Waals surface area contributed by atoms with Gasteiger partial charge in [-0.25, -0.2) is 0 Å². The van der Waals surface area contributed by atoms with Crippen molar-refractivity contribution in [3.05, 3.63) is 23.8 Å². The van der Waals surface area contributed by atoms with Gasteiger partial charge in [0, 0.05) is 6.42 Å². The van der Waals surface area contributed by atoms with E-state index in [1.165, 1.54) is 0 Å². The summed E-state index contributed by atoms with van der Waals surface area (Å²) in [5.74, 6) is 1.39. The lowest BCUT2D eigenvalue weighted by molar-refractivity contribution is -0.107. The standard InChI is InChI=1S/C11H14O3/c1-3-14-11-8-9(6-7-12)4-5-10(11)13-2/h4-5,7-8H,3,6H2,1-2H3. The van der Waals surface area contributed by atoms with Gasteiger partial charge < -0.3 is 14.3 Å². The maximum Gasteiger partial charge on any atom is 0.161 e. The molecule has 0 bridgehead atoms. The molecular formula is C11H14O3. The lowest BCUT2D eigenvalue weighted by Crippen LogP contribution is -1.96. The summed E-state index contributed by atoms with van der Waals surface area (Å²) in [6.45, 7) is 2.49. The average molecular weight is 194 g/mol. The van der Waals surface area contributed by atoms with Gasteiger partial charge in [-0.3, -0.25) is 0 Å². The number of aldehydes is 1. The molecule has 1 aromatic carbocycles. The van der Waals surface area contributed by atoms with E-state index in [0.29, 0.717) is 24.5 Å². The molecule has 0 saturated carbocycles. The molecular weight excluding hydrogens is 180 g/mol. The summed E-state index contributed by atoms with van der Waals surface area (Å²) in [6, 6.07) is 5.50. The minimum Gasteiger partial charge on any atom is -0.493 e. The van der Waals surface area contributed by atoms with Crippen LogP contribution in [-0.2, 0) is 11.2 Å². The highest BCUT2D eigenvalue weighted by Gasteiger charge is 2.04. The smallest absolute Gasteiger partial charge is 0.161 e. The van der Waals surface area contributed by atoms with Gasteiger partial charge in [-0.15, -0.1) is 0 Å². The van der Waals surface area contributed by atoms with E-state index in [-0.39, 0.29) is 0 Å². The number of benzene rings is 1. The van der Waals surface area contributed by atoms with Crippen LogP contribution in [0.1, 0.15) is 12.5 Å². The van der Waals surface area contributed by atoms with Gasteiger partial charge in [0.1, 0.15) is 6.29 Å². The van der Waals surface area contributed by atoms with Gasteiger partial charge in [-0.1, -0.05) is 6.07 Å². The van der Waals surface area contributed by atoms with Crippen LogP contribution in [0.25, 0.3) is 0 Å².